The largest absolute Gasteiger partial charge is 0.477 e. The minimum absolute atomic E-state index is 0.0652. The molecule has 0 saturated heterocycles. The number of hydrogen-bond acceptors (Lipinski definition) is 5. The monoisotopic (exact) mass is 283 g/mol. The summed E-state index contributed by atoms with van der Waals surface area (Å²) in [4.78, 5) is 36.1. The number of rotatable bonds is 6. The highest BCUT2D eigenvalue weighted by molar-refractivity contribution is 5.90. The maximum atomic E-state index is 11.5. The zero-order valence-electron chi connectivity index (χ0n) is 11.6. The number of carbonyl (C=O) groups is 3. The normalized spacial score (nSPS) is 10.2. The van der Waals surface area contributed by atoms with Gasteiger partial charge in [-0.15, -0.1) is 0 Å². The van der Waals surface area contributed by atoms with E-state index in [0.717, 1.165) is 0 Å². The van der Waals surface area contributed by atoms with Crippen molar-refractivity contribution in [1.29, 1.82) is 0 Å². The average molecular weight is 283 g/mol. The number of carbonyl (C=O) groups excluding carboxylic acids is 2. The van der Waals surface area contributed by atoms with Gasteiger partial charge >= 0.3 is 17.9 Å². The molecule has 7 heteroatoms. The van der Waals surface area contributed by atoms with Crippen molar-refractivity contribution < 1.29 is 29.0 Å². The molecule has 0 aliphatic rings. The summed E-state index contributed by atoms with van der Waals surface area (Å²) in [5.41, 5.74) is 1.30. The first kappa shape index (κ1) is 15.7. The molecule has 0 aliphatic heterocycles. The SMILES string of the molecule is CCOC(=O)Cc1c(C(=O)O)[nH]c(COC(C)=O)c1C. The summed E-state index contributed by atoms with van der Waals surface area (Å²) in [5, 5.41) is 9.13. The van der Waals surface area contributed by atoms with Crippen molar-refractivity contribution in [2.75, 3.05) is 6.61 Å². The van der Waals surface area contributed by atoms with Gasteiger partial charge in [-0.1, -0.05) is 0 Å². The number of esters is 2. The first-order valence-corrected chi connectivity index (χ1v) is 6.09. The number of carboxylic acids is 1. The van der Waals surface area contributed by atoms with E-state index >= 15 is 0 Å². The Balaban J connectivity index is 3.04. The van der Waals surface area contributed by atoms with Crippen LogP contribution in [0.1, 0.15) is 41.2 Å². The van der Waals surface area contributed by atoms with Crippen LogP contribution in [0.5, 0.6) is 0 Å². The van der Waals surface area contributed by atoms with E-state index in [2.05, 4.69) is 4.98 Å². The predicted octanol–water partition coefficient (Wildman–Crippen LogP) is 1.19. The van der Waals surface area contributed by atoms with Crippen molar-refractivity contribution in [3.8, 4) is 0 Å². The van der Waals surface area contributed by atoms with Gasteiger partial charge in [-0.25, -0.2) is 4.79 Å². The molecule has 0 saturated carbocycles. The zero-order valence-corrected chi connectivity index (χ0v) is 11.6. The molecule has 110 valence electrons. The second kappa shape index (κ2) is 6.74. The summed E-state index contributed by atoms with van der Waals surface area (Å²) < 4.78 is 9.64. The van der Waals surface area contributed by atoms with Gasteiger partial charge in [0.2, 0.25) is 0 Å². The Morgan fingerprint density at radius 3 is 2.40 bits per heavy atom. The van der Waals surface area contributed by atoms with Crippen molar-refractivity contribution in [1.82, 2.24) is 4.98 Å². The van der Waals surface area contributed by atoms with Crippen LogP contribution in [0.3, 0.4) is 0 Å². The van der Waals surface area contributed by atoms with Gasteiger partial charge in [-0.2, -0.15) is 0 Å². The van der Waals surface area contributed by atoms with E-state index in [1.54, 1.807) is 13.8 Å². The fraction of sp³-hybridized carbons (Fsp3) is 0.462. The Hall–Kier alpha value is -2.31. The fourth-order valence-electron chi connectivity index (χ4n) is 1.77. The van der Waals surface area contributed by atoms with Gasteiger partial charge in [0.25, 0.3) is 0 Å². The molecule has 20 heavy (non-hydrogen) atoms. The van der Waals surface area contributed by atoms with Gasteiger partial charge in [-0.05, 0) is 25.0 Å². The van der Waals surface area contributed by atoms with Gasteiger partial charge in [-0.3, -0.25) is 9.59 Å². The summed E-state index contributed by atoms with van der Waals surface area (Å²) in [6.45, 7) is 4.76. The van der Waals surface area contributed by atoms with Crippen LogP contribution in [0.15, 0.2) is 0 Å². The van der Waals surface area contributed by atoms with E-state index in [9.17, 15) is 14.4 Å². The number of aromatic amines is 1. The van der Waals surface area contributed by atoms with E-state index in [4.69, 9.17) is 14.6 Å². The first-order chi connectivity index (χ1) is 9.36. The lowest BCUT2D eigenvalue weighted by molar-refractivity contribution is -0.143. The zero-order chi connectivity index (χ0) is 15.3. The summed E-state index contributed by atoms with van der Waals surface area (Å²) in [6.07, 6.45) is -0.141. The summed E-state index contributed by atoms with van der Waals surface area (Å²) in [6, 6.07) is 0. The van der Waals surface area contributed by atoms with Crippen molar-refractivity contribution in [2.24, 2.45) is 0 Å². The molecule has 0 spiro atoms. The molecule has 0 amide bonds. The third-order valence-corrected chi connectivity index (χ3v) is 2.74. The van der Waals surface area contributed by atoms with Gasteiger partial charge in [0.05, 0.1) is 18.7 Å². The maximum Gasteiger partial charge on any atom is 0.352 e. The van der Waals surface area contributed by atoms with Crippen LogP contribution >= 0.6 is 0 Å². The summed E-state index contributed by atoms with van der Waals surface area (Å²) in [7, 11) is 0. The lowest BCUT2D eigenvalue weighted by Crippen LogP contribution is -2.11. The molecule has 0 fully saturated rings. The molecular weight excluding hydrogens is 266 g/mol. The van der Waals surface area contributed by atoms with Crippen LogP contribution in [0, 0.1) is 6.92 Å². The molecular formula is C13H17NO6. The van der Waals surface area contributed by atoms with E-state index in [1.807, 2.05) is 0 Å². The van der Waals surface area contributed by atoms with Crippen molar-refractivity contribution >= 4 is 17.9 Å². The quantitative estimate of drug-likeness (QED) is 0.760. The summed E-state index contributed by atoms with van der Waals surface area (Å²) >= 11 is 0. The van der Waals surface area contributed by atoms with E-state index in [1.165, 1.54) is 6.92 Å². The number of nitrogens with one attached hydrogen (secondary N) is 1. The smallest absolute Gasteiger partial charge is 0.352 e. The topological polar surface area (TPSA) is 106 Å². The Kier molecular flexibility index (Phi) is 5.31. The van der Waals surface area contributed by atoms with Gasteiger partial charge < -0.3 is 19.6 Å². The minimum atomic E-state index is -1.18. The number of carboxylic acid groups (broad SMARTS) is 1. The highest BCUT2D eigenvalue weighted by Gasteiger charge is 2.22. The second-order valence-corrected chi connectivity index (χ2v) is 4.15. The molecule has 1 aromatic heterocycles. The number of hydrogen-bond donors (Lipinski definition) is 2. The number of aromatic nitrogens is 1. The molecule has 0 bridgehead atoms. The molecule has 7 nitrogen and oxygen atoms in total. The average Bonchev–Trinajstić information content (AvgIpc) is 2.65. The summed E-state index contributed by atoms with van der Waals surface area (Å²) in [5.74, 6) is -2.15. The van der Waals surface area contributed by atoms with Gasteiger partial charge in [0, 0.05) is 6.92 Å². The van der Waals surface area contributed by atoms with E-state index < -0.39 is 17.9 Å². The maximum absolute atomic E-state index is 11.5. The van der Waals surface area contributed by atoms with Crippen LogP contribution in [0.25, 0.3) is 0 Å². The Morgan fingerprint density at radius 2 is 1.90 bits per heavy atom. The fourth-order valence-corrected chi connectivity index (χ4v) is 1.77. The predicted molar refractivity (Wildman–Crippen MR) is 68.3 cm³/mol. The molecule has 1 rings (SSSR count). The number of ether oxygens (including phenoxy) is 2. The highest BCUT2D eigenvalue weighted by atomic mass is 16.5. The highest BCUT2D eigenvalue weighted by Crippen LogP contribution is 2.20. The molecule has 0 aliphatic carbocycles. The van der Waals surface area contributed by atoms with Gasteiger partial charge in [0.1, 0.15) is 12.3 Å². The van der Waals surface area contributed by atoms with E-state index in [0.29, 0.717) is 16.8 Å². The molecule has 0 unspecified atom stereocenters. The lowest BCUT2D eigenvalue weighted by atomic mass is 10.1. The Bertz CT molecular complexity index is 531. The first-order valence-electron chi connectivity index (χ1n) is 6.09. The molecule has 0 radical (unpaired) electrons. The van der Waals surface area contributed by atoms with Crippen molar-refractivity contribution in [3.05, 3.63) is 22.5 Å². The molecule has 0 aromatic carbocycles. The van der Waals surface area contributed by atoms with Gasteiger partial charge in [0.15, 0.2) is 0 Å². The standard InChI is InChI=1S/C13H17NO6/c1-4-19-11(16)5-9-7(2)10(6-20-8(3)15)14-12(9)13(17)18/h14H,4-6H2,1-3H3,(H,17,18). The van der Waals surface area contributed by atoms with Crippen LogP contribution in [-0.2, 0) is 32.1 Å². The molecule has 1 aromatic rings. The van der Waals surface area contributed by atoms with Crippen LogP contribution in [0.2, 0.25) is 0 Å². The van der Waals surface area contributed by atoms with Crippen LogP contribution in [0.4, 0.5) is 0 Å². The molecule has 2 N–H and O–H groups in total. The Morgan fingerprint density at radius 1 is 1.25 bits per heavy atom. The van der Waals surface area contributed by atoms with Crippen LogP contribution in [-0.4, -0.2) is 34.6 Å². The minimum Gasteiger partial charge on any atom is -0.477 e. The molecule has 0 atom stereocenters. The third kappa shape index (κ3) is 3.84. The number of H-pyrrole nitrogens is 1. The third-order valence-electron chi connectivity index (χ3n) is 2.74. The lowest BCUT2D eigenvalue weighted by Gasteiger charge is -2.04. The van der Waals surface area contributed by atoms with Crippen LogP contribution < -0.4 is 0 Å². The van der Waals surface area contributed by atoms with E-state index in [-0.39, 0.29) is 25.3 Å². The number of aromatic carboxylic acids is 1. The second-order valence-electron chi connectivity index (χ2n) is 4.15. The van der Waals surface area contributed by atoms with Crippen molar-refractivity contribution in [3.63, 3.8) is 0 Å². The van der Waals surface area contributed by atoms with Crippen molar-refractivity contribution in [2.45, 2.75) is 33.8 Å². The molecule has 1 heterocycles. The Labute approximate surface area is 115 Å².